The number of anilines is 1. The fourth-order valence-corrected chi connectivity index (χ4v) is 2.43. The van der Waals surface area contributed by atoms with Crippen molar-refractivity contribution in [2.45, 2.75) is 13.0 Å². The Bertz CT molecular complexity index is 794. The molecule has 2 amide bonds. The quantitative estimate of drug-likeness (QED) is 0.892. The van der Waals surface area contributed by atoms with Crippen LogP contribution in [0.15, 0.2) is 42.5 Å². The lowest BCUT2D eigenvalue weighted by Gasteiger charge is -2.15. The summed E-state index contributed by atoms with van der Waals surface area (Å²) in [7, 11) is 0. The van der Waals surface area contributed by atoms with E-state index in [1.807, 2.05) is 0 Å². The molecule has 2 aromatic carbocycles. The van der Waals surface area contributed by atoms with Crippen LogP contribution in [-0.2, 0) is 4.79 Å². The molecule has 0 saturated carbocycles. The van der Waals surface area contributed by atoms with Crippen molar-refractivity contribution in [1.29, 1.82) is 0 Å². The molecule has 0 unspecified atom stereocenters. The van der Waals surface area contributed by atoms with E-state index in [-0.39, 0.29) is 12.7 Å². The Hall–Kier alpha value is -2.73. The van der Waals surface area contributed by atoms with Crippen molar-refractivity contribution in [3.05, 3.63) is 53.1 Å². The van der Waals surface area contributed by atoms with Crippen molar-refractivity contribution in [1.82, 2.24) is 5.32 Å². The maximum atomic E-state index is 12.2. The van der Waals surface area contributed by atoms with E-state index >= 15 is 0 Å². The summed E-state index contributed by atoms with van der Waals surface area (Å²) in [6, 6.07) is 11.0. The second-order valence-corrected chi connectivity index (χ2v) is 5.64. The SMILES string of the molecule is C[C@H](NC(=O)c1ccccc1Cl)C(=O)Nc1ccc2c(c1)OCO2. The van der Waals surface area contributed by atoms with Crippen molar-refractivity contribution in [2.24, 2.45) is 0 Å². The summed E-state index contributed by atoms with van der Waals surface area (Å²) < 4.78 is 10.5. The molecule has 1 atom stereocenters. The van der Waals surface area contributed by atoms with Crippen LogP contribution >= 0.6 is 11.6 Å². The Morgan fingerprint density at radius 2 is 1.88 bits per heavy atom. The van der Waals surface area contributed by atoms with Gasteiger partial charge >= 0.3 is 0 Å². The molecular weight excluding hydrogens is 332 g/mol. The van der Waals surface area contributed by atoms with Gasteiger partial charge in [-0.1, -0.05) is 23.7 Å². The fourth-order valence-electron chi connectivity index (χ4n) is 2.21. The van der Waals surface area contributed by atoms with Crippen molar-refractivity contribution < 1.29 is 19.1 Å². The average molecular weight is 347 g/mol. The van der Waals surface area contributed by atoms with E-state index in [0.717, 1.165) is 0 Å². The Morgan fingerprint density at radius 3 is 2.67 bits per heavy atom. The molecule has 3 rings (SSSR count). The van der Waals surface area contributed by atoms with E-state index in [2.05, 4.69) is 10.6 Å². The van der Waals surface area contributed by atoms with E-state index in [0.29, 0.717) is 27.8 Å². The van der Waals surface area contributed by atoms with Gasteiger partial charge in [-0.3, -0.25) is 9.59 Å². The van der Waals surface area contributed by atoms with Gasteiger partial charge in [-0.25, -0.2) is 0 Å². The van der Waals surface area contributed by atoms with Gasteiger partial charge in [0.05, 0.1) is 10.6 Å². The van der Waals surface area contributed by atoms with Crippen molar-refractivity contribution in [3.63, 3.8) is 0 Å². The number of fused-ring (bicyclic) bond motifs is 1. The summed E-state index contributed by atoms with van der Waals surface area (Å²) in [4.78, 5) is 24.4. The molecule has 0 bridgehead atoms. The van der Waals surface area contributed by atoms with Crippen LogP contribution in [0.5, 0.6) is 11.5 Å². The molecule has 124 valence electrons. The molecule has 24 heavy (non-hydrogen) atoms. The van der Waals surface area contributed by atoms with Gasteiger partial charge in [0.2, 0.25) is 12.7 Å². The zero-order chi connectivity index (χ0) is 17.1. The predicted octanol–water partition coefficient (Wildman–Crippen LogP) is 2.83. The zero-order valence-electron chi connectivity index (χ0n) is 12.8. The standard InChI is InChI=1S/C17H15ClN2O4/c1-10(19-17(22)12-4-2-3-5-13(12)18)16(21)20-11-6-7-14-15(8-11)24-9-23-14/h2-8,10H,9H2,1H3,(H,19,22)(H,20,21)/t10-/m0/s1. The van der Waals surface area contributed by atoms with E-state index in [1.54, 1.807) is 49.4 Å². The van der Waals surface area contributed by atoms with E-state index in [9.17, 15) is 9.59 Å². The lowest BCUT2D eigenvalue weighted by atomic mass is 10.2. The van der Waals surface area contributed by atoms with E-state index in [4.69, 9.17) is 21.1 Å². The summed E-state index contributed by atoms with van der Waals surface area (Å²) in [5.41, 5.74) is 0.880. The number of nitrogens with one attached hydrogen (secondary N) is 2. The first-order valence-electron chi connectivity index (χ1n) is 7.30. The minimum atomic E-state index is -0.737. The Balaban J connectivity index is 1.63. The first-order chi connectivity index (χ1) is 11.5. The van der Waals surface area contributed by atoms with Crippen LogP contribution in [0.4, 0.5) is 5.69 Å². The molecule has 0 fully saturated rings. The molecule has 1 aliphatic heterocycles. The van der Waals surface area contributed by atoms with Crippen LogP contribution in [0.1, 0.15) is 17.3 Å². The van der Waals surface area contributed by atoms with Crippen molar-refractivity contribution in [2.75, 3.05) is 12.1 Å². The van der Waals surface area contributed by atoms with E-state index < -0.39 is 11.9 Å². The van der Waals surface area contributed by atoms with Gasteiger partial charge in [0.1, 0.15) is 6.04 Å². The van der Waals surface area contributed by atoms with Gasteiger partial charge in [0.15, 0.2) is 11.5 Å². The summed E-state index contributed by atoms with van der Waals surface area (Å²) in [5, 5.41) is 5.67. The zero-order valence-corrected chi connectivity index (χ0v) is 13.6. The molecule has 2 N–H and O–H groups in total. The number of ether oxygens (including phenoxy) is 2. The number of carbonyl (C=O) groups excluding carboxylic acids is 2. The van der Waals surface area contributed by atoms with Gasteiger partial charge in [0.25, 0.3) is 5.91 Å². The highest BCUT2D eigenvalue weighted by Crippen LogP contribution is 2.34. The van der Waals surface area contributed by atoms with Crippen LogP contribution in [0, 0.1) is 0 Å². The number of halogens is 1. The number of carbonyl (C=O) groups is 2. The fraction of sp³-hybridized carbons (Fsp3) is 0.176. The third kappa shape index (κ3) is 3.44. The van der Waals surface area contributed by atoms with Crippen LogP contribution < -0.4 is 20.1 Å². The molecule has 1 aliphatic rings. The first-order valence-corrected chi connectivity index (χ1v) is 7.68. The monoisotopic (exact) mass is 346 g/mol. The molecular formula is C17H15ClN2O4. The van der Waals surface area contributed by atoms with Crippen LogP contribution in [0.2, 0.25) is 5.02 Å². The minimum Gasteiger partial charge on any atom is -0.454 e. The van der Waals surface area contributed by atoms with Gasteiger partial charge in [-0.05, 0) is 31.2 Å². The highest BCUT2D eigenvalue weighted by molar-refractivity contribution is 6.33. The van der Waals surface area contributed by atoms with Crippen LogP contribution in [-0.4, -0.2) is 24.6 Å². The highest BCUT2D eigenvalue weighted by Gasteiger charge is 2.19. The average Bonchev–Trinajstić information content (AvgIpc) is 3.02. The van der Waals surface area contributed by atoms with Crippen molar-refractivity contribution in [3.8, 4) is 11.5 Å². The number of benzene rings is 2. The van der Waals surface area contributed by atoms with E-state index in [1.165, 1.54) is 0 Å². The molecule has 0 saturated heterocycles. The lowest BCUT2D eigenvalue weighted by molar-refractivity contribution is -0.117. The Kier molecular flexibility index (Phi) is 4.57. The third-order valence-electron chi connectivity index (χ3n) is 3.50. The van der Waals surface area contributed by atoms with Crippen molar-refractivity contribution >= 4 is 29.1 Å². The summed E-state index contributed by atoms with van der Waals surface area (Å²) >= 11 is 5.98. The highest BCUT2D eigenvalue weighted by atomic mass is 35.5. The second-order valence-electron chi connectivity index (χ2n) is 5.23. The van der Waals surface area contributed by atoms with Crippen LogP contribution in [0.3, 0.4) is 0 Å². The number of rotatable bonds is 4. The van der Waals surface area contributed by atoms with Crippen LogP contribution in [0.25, 0.3) is 0 Å². The number of hydrogen-bond acceptors (Lipinski definition) is 4. The molecule has 0 spiro atoms. The number of amides is 2. The molecule has 2 aromatic rings. The van der Waals surface area contributed by atoms with Gasteiger partial charge in [-0.15, -0.1) is 0 Å². The summed E-state index contributed by atoms with van der Waals surface area (Å²) in [5.74, 6) is 0.442. The second kappa shape index (κ2) is 6.80. The maximum absolute atomic E-state index is 12.2. The normalized spacial score (nSPS) is 13.2. The Labute approximate surface area is 143 Å². The molecule has 7 heteroatoms. The molecule has 0 aliphatic carbocycles. The first kappa shape index (κ1) is 16.1. The summed E-state index contributed by atoms with van der Waals surface area (Å²) in [6.45, 7) is 1.76. The minimum absolute atomic E-state index is 0.164. The largest absolute Gasteiger partial charge is 0.454 e. The molecule has 0 aromatic heterocycles. The molecule has 1 heterocycles. The van der Waals surface area contributed by atoms with Gasteiger partial charge in [-0.2, -0.15) is 0 Å². The van der Waals surface area contributed by atoms with Gasteiger partial charge < -0.3 is 20.1 Å². The third-order valence-corrected chi connectivity index (χ3v) is 3.83. The Morgan fingerprint density at radius 1 is 1.12 bits per heavy atom. The van der Waals surface area contributed by atoms with Gasteiger partial charge in [0, 0.05) is 11.8 Å². The smallest absolute Gasteiger partial charge is 0.253 e. The molecule has 0 radical (unpaired) electrons. The summed E-state index contributed by atoms with van der Waals surface area (Å²) in [6.07, 6.45) is 0. The predicted molar refractivity (Wildman–Crippen MR) is 89.6 cm³/mol. The number of hydrogen-bond donors (Lipinski definition) is 2. The molecule has 6 nitrogen and oxygen atoms in total. The maximum Gasteiger partial charge on any atom is 0.253 e. The lowest BCUT2D eigenvalue weighted by Crippen LogP contribution is -2.41. The topological polar surface area (TPSA) is 76.7 Å².